The average molecular weight is 458 g/mol. The molecular formula is C27H31N5O2. The lowest BCUT2D eigenvalue weighted by Crippen LogP contribution is -2.24. The molecule has 1 aromatic carbocycles. The number of aromatic nitrogens is 3. The molecule has 34 heavy (non-hydrogen) atoms. The molecule has 176 valence electrons. The van der Waals surface area contributed by atoms with Gasteiger partial charge in [-0.05, 0) is 50.8 Å². The predicted octanol–water partition coefficient (Wildman–Crippen LogP) is 5.37. The molecule has 0 amide bonds. The van der Waals surface area contributed by atoms with Gasteiger partial charge in [-0.3, -0.25) is 4.98 Å². The normalized spacial score (nSPS) is 15.2. The van der Waals surface area contributed by atoms with Crippen molar-refractivity contribution in [2.75, 3.05) is 13.2 Å². The number of oxime groups is 2. The van der Waals surface area contributed by atoms with Crippen LogP contribution < -0.4 is 0 Å². The Morgan fingerprint density at radius 1 is 0.971 bits per heavy atom. The molecule has 0 N–H and O–H groups in total. The minimum absolute atomic E-state index is 0.272. The van der Waals surface area contributed by atoms with Gasteiger partial charge in [0.25, 0.3) is 0 Å². The molecule has 0 saturated heterocycles. The zero-order chi connectivity index (χ0) is 24.0. The van der Waals surface area contributed by atoms with Crippen molar-refractivity contribution >= 4 is 11.4 Å². The average Bonchev–Trinajstić information content (AvgIpc) is 2.84. The van der Waals surface area contributed by atoms with Gasteiger partial charge in [0.1, 0.15) is 24.6 Å². The molecule has 3 aromatic rings. The van der Waals surface area contributed by atoms with Gasteiger partial charge in [0.2, 0.25) is 0 Å². The minimum Gasteiger partial charge on any atom is -0.395 e. The Kier molecular flexibility index (Phi) is 7.30. The Bertz CT molecular complexity index is 1190. The quantitative estimate of drug-likeness (QED) is 0.335. The summed E-state index contributed by atoms with van der Waals surface area (Å²) in [6.07, 6.45) is 4.72. The van der Waals surface area contributed by atoms with Crippen LogP contribution in [0.1, 0.15) is 56.3 Å². The molecule has 1 aliphatic carbocycles. The van der Waals surface area contributed by atoms with E-state index in [9.17, 15) is 0 Å². The van der Waals surface area contributed by atoms with E-state index >= 15 is 0 Å². The molecule has 7 nitrogen and oxygen atoms in total. The van der Waals surface area contributed by atoms with Crippen LogP contribution in [0.3, 0.4) is 0 Å². The van der Waals surface area contributed by atoms with E-state index in [4.69, 9.17) is 14.7 Å². The van der Waals surface area contributed by atoms with Crippen LogP contribution >= 0.6 is 0 Å². The number of hydrogen-bond donors (Lipinski definition) is 0. The van der Waals surface area contributed by atoms with Crippen molar-refractivity contribution in [3.8, 4) is 11.4 Å². The number of rotatable bonds is 8. The summed E-state index contributed by atoms with van der Waals surface area (Å²) in [6, 6.07) is 15.8. The Hall–Kier alpha value is -3.61. The Balaban J connectivity index is 1.38. The molecule has 2 aromatic heterocycles. The van der Waals surface area contributed by atoms with Gasteiger partial charge in [-0.15, -0.1) is 0 Å². The third-order valence-electron chi connectivity index (χ3n) is 5.58. The first kappa shape index (κ1) is 23.5. The summed E-state index contributed by atoms with van der Waals surface area (Å²) < 4.78 is 0. The summed E-state index contributed by atoms with van der Waals surface area (Å²) in [7, 11) is 0. The van der Waals surface area contributed by atoms with Crippen LogP contribution in [0.5, 0.6) is 0 Å². The topological polar surface area (TPSA) is 81.9 Å². The van der Waals surface area contributed by atoms with E-state index in [0.717, 1.165) is 58.9 Å². The molecule has 4 rings (SSSR count). The third-order valence-corrected chi connectivity index (χ3v) is 5.58. The van der Waals surface area contributed by atoms with Crippen molar-refractivity contribution in [2.24, 2.45) is 15.7 Å². The van der Waals surface area contributed by atoms with Crippen LogP contribution in [0.4, 0.5) is 0 Å². The summed E-state index contributed by atoms with van der Waals surface area (Å²) in [5, 5.41) is 8.70. The Labute approximate surface area is 201 Å². The molecule has 0 fully saturated rings. The highest BCUT2D eigenvalue weighted by Gasteiger charge is 2.23. The van der Waals surface area contributed by atoms with Gasteiger partial charge in [0, 0.05) is 22.9 Å². The molecule has 0 bridgehead atoms. The maximum Gasteiger partial charge on any atom is 0.159 e. The second kappa shape index (κ2) is 10.5. The smallest absolute Gasteiger partial charge is 0.159 e. The molecule has 2 heterocycles. The van der Waals surface area contributed by atoms with Gasteiger partial charge in [0.05, 0.1) is 11.4 Å². The molecule has 0 spiro atoms. The molecule has 0 aliphatic heterocycles. The van der Waals surface area contributed by atoms with Gasteiger partial charge >= 0.3 is 0 Å². The van der Waals surface area contributed by atoms with Crippen LogP contribution in [-0.4, -0.2) is 39.6 Å². The number of fused-ring (bicyclic) bond motifs is 1. The van der Waals surface area contributed by atoms with Gasteiger partial charge < -0.3 is 9.68 Å². The monoisotopic (exact) mass is 457 g/mol. The van der Waals surface area contributed by atoms with Crippen molar-refractivity contribution < 1.29 is 9.68 Å². The van der Waals surface area contributed by atoms with Crippen LogP contribution in [0.25, 0.3) is 11.4 Å². The molecule has 0 unspecified atom stereocenters. The summed E-state index contributed by atoms with van der Waals surface area (Å²) >= 11 is 0. The van der Waals surface area contributed by atoms with Crippen molar-refractivity contribution in [3.05, 3.63) is 77.4 Å². The number of pyridine rings is 1. The van der Waals surface area contributed by atoms with Gasteiger partial charge in [0.15, 0.2) is 5.82 Å². The fourth-order valence-corrected chi connectivity index (χ4v) is 3.64. The van der Waals surface area contributed by atoms with Crippen molar-refractivity contribution in [1.29, 1.82) is 0 Å². The zero-order valence-corrected chi connectivity index (χ0v) is 20.3. The van der Waals surface area contributed by atoms with E-state index in [1.807, 2.05) is 68.6 Å². The molecule has 7 heteroatoms. The zero-order valence-electron chi connectivity index (χ0n) is 20.3. The highest BCUT2D eigenvalue weighted by atomic mass is 16.6. The van der Waals surface area contributed by atoms with E-state index < -0.39 is 0 Å². The standard InChI is InChI=1S/C27H31N5O2/c1-19-10-8-14-23(29-19)20(2)31-33-17-27(3,4)18-34-32-24-15-9-13-22-16-28-26(30-25(22)24)21-11-6-5-7-12-21/h5-8,10-12,14,16H,9,13,15,17-18H2,1-4H3. The lowest BCUT2D eigenvalue weighted by molar-refractivity contribution is -0.000158. The second-order valence-corrected chi connectivity index (χ2v) is 9.38. The Morgan fingerprint density at radius 3 is 2.56 bits per heavy atom. The van der Waals surface area contributed by atoms with E-state index in [-0.39, 0.29) is 5.41 Å². The second-order valence-electron chi connectivity index (χ2n) is 9.38. The summed E-state index contributed by atoms with van der Waals surface area (Å²) in [4.78, 5) is 25.2. The van der Waals surface area contributed by atoms with Crippen LogP contribution in [0.15, 0.2) is 65.0 Å². The number of aryl methyl sites for hydroxylation is 2. The summed E-state index contributed by atoms with van der Waals surface area (Å²) in [5.74, 6) is 0.707. The van der Waals surface area contributed by atoms with E-state index in [0.29, 0.717) is 19.0 Å². The minimum atomic E-state index is -0.272. The van der Waals surface area contributed by atoms with Crippen molar-refractivity contribution in [3.63, 3.8) is 0 Å². The summed E-state index contributed by atoms with van der Waals surface area (Å²) in [6.45, 7) is 8.78. The van der Waals surface area contributed by atoms with Crippen LogP contribution in [0, 0.1) is 12.3 Å². The first-order valence-electron chi connectivity index (χ1n) is 11.6. The van der Waals surface area contributed by atoms with Gasteiger partial charge in [-0.1, -0.05) is 60.6 Å². The third kappa shape index (κ3) is 6.04. The Morgan fingerprint density at radius 2 is 1.76 bits per heavy atom. The lowest BCUT2D eigenvalue weighted by Gasteiger charge is -2.22. The fraction of sp³-hybridized carbons (Fsp3) is 0.370. The molecule has 0 radical (unpaired) electrons. The fourth-order valence-electron chi connectivity index (χ4n) is 3.64. The van der Waals surface area contributed by atoms with E-state index in [2.05, 4.69) is 34.1 Å². The first-order valence-corrected chi connectivity index (χ1v) is 11.6. The van der Waals surface area contributed by atoms with E-state index in [1.54, 1.807) is 0 Å². The largest absolute Gasteiger partial charge is 0.395 e. The maximum absolute atomic E-state index is 5.79. The summed E-state index contributed by atoms with van der Waals surface area (Å²) in [5.41, 5.74) is 6.10. The number of benzene rings is 1. The molecule has 0 atom stereocenters. The molecule has 0 saturated carbocycles. The van der Waals surface area contributed by atoms with Crippen molar-refractivity contribution in [2.45, 2.75) is 47.0 Å². The van der Waals surface area contributed by atoms with Gasteiger partial charge in [-0.25, -0.2) is 9.97 Å². The van der Waals surface area contributed by atoms with Gasteiger partial charge in [-0.2, -0.15) is 0 Å². The number of hydrogen-bond acceptors (Lipinski definition) is 7. The van der Waals surface area contributed by atoms with Crippen LogP contribution in [-0.2, 0) is 16.1 Å². The van der Waals surface area contributed by atoms with E-state index in [1.165, 1.54) is 0 Å². The molecular weight excluding hydrogens is 426 g/mol. The van der Waals surface area contributed by atoms with Crippen molar-refractivity contribution in [1.82, 2.24) is 15.0 Å². The molecule has 1 aliphatic rings. The highest BCUT2D eigenvalue weighted by molar-refractivity contribution is 6.01. The van der Waals surface area contributed by atoms with Crippen LogP contribution in [0.2, 0.25) is 0 Å². The predicted molar refractivity (Wildman–Crippen MR) is 134 cm³/mol. The lowest BCUT2D eigenvalue weighted by atomic mass is 9.95. The SMILES string of the molecule is CC(=NOCC(C)(C)CON=C1CCCc2cnc(-c3ccccc3)nc21)c1cccc(C)n1. The highest BCUT2D eigenvalue weighted by Crippen LogP contribution is 2.24. The number of nitrogens with zero attached hydrogens (tertiary/aromatic N) is 5. The maximum atomic E-state index is 5.79. The first-order chi connectivity index (χ1) is 16.4.